The SMILES string of the molecule is CCOC(=O)c1cc(C(=O)N2CCN(c3ccccc3OC)CC2)cc([N+](=O)[O-])c1. The maximum atomic E-state index is 13.0. The van der Waals surface area contributed by atoms with Crippen LogP contribution in [0, 0.1) is 10.1 Å². The monoisotopic (exact) mass is 413 g/mol. The molecule has 1 aliphatic heterocycles. The number of nitro groups is 1. The van der Waals surface area contributed by atoms with Gasteiger partial charge in [-0.1, -0.05) is 12.1 Å². The number of non-ortho nitro benzene ring substituents is 1. The molecule has 0 radical (unpaired) electrons. The lowest BCUT2D eigenvalue weighted by atomic mass is 10.1. The molecule has 1 aliphatic rings. The Hall–Kier alpha value is -3.62. The van der Waals surface area contributed by atoms with Crippen LogP contribution < -0.4 is 9.64 Å². The second kappa shape index (κ2) is 9.25. The van der Waals surface area contributed by atoms with Crippen molar-refractivity contribution in [3.05, 3.63) is 63.7 Å². The molecule has 30 heavy (non-hydrogen) atoms. The second-order valence-electron chi connectivity index (χ2n) is 6.70. The number of esters is 1. The first-order valence-electron chi connectivity index (χ1n) is 9.58. The van der Waals surface area contributed by atoms with Crippen molar-refractivity contribution in [1.29, 1.82) is 0 Å². The lowest BCUT2D eigenvalue weighted by Crippen LogP contribution is -2.48. The van der Waals surface area contributed by atoms with Gasteiger partial charge in [-0.15, -0.1) is 0 Å². The van der Waals surface area contributed by atoms with Crippen LogP contribution in [0.15, 0.2) is 42.5 Å². The van der Waals surface area contributed by atoms with Gasteiger partial charge < -0.3 is 19.3 Å². The van der Waals surface area contributed by atoms with Gasteiger partial charge in [0, 0.05) is 43.9 Å². The predicted octanol–water partition coefficient (Wildman–Crippen LogP) is 2.74. The number of rotatable bonds is 6. The summed E-state index contributed by atoms with van der Waals surface area (Å²) in [6.45, 7) is 3.83. The van der Waals surface area contributed by atoms with Crippen LogP contribution in [0.4, 0.5) is 11.4 Å². The van der Waals surface area contributed by atoms with Crippen LogP contribution in [0.3, 0.4) is 0 Å². The van der Waals surface area contributed by atoms with Gasteiger partial charge in [0.25, 0.3) is 11.6 Å². The van der Waals surface area contributed by atoms with Crippen LogP contribution in [-0.2, 0) is 4.74 Å². The standard InChI is InChI=1S/C21H23N3O6/c1-3-30-21(26)16-12-15(13-17(14-16)24(27)28)20(25)23-10-8-22(9-11-23)18-6-4-5-7-19(18)29-2/h4-7,12-14H,3,8-11H2,1-2H3. The number of ether oxygens (including phenoxy) is 2. The van der Waals surface area contributed by atoms with Gasteiger partial charge >= 0.3 is 5.97 Å². The minimum absolute atomic E-state index is 0.0120. The Labute approximate surface area is 173 Å². The van der Waals surface area contributed by atoms with Crippen molar-refractivity contribution in [2.75, 3.05) is 44.8 Å². The molecular weight excluding hydrogens is 390 g/mol. The van der Waals surface area contributed by atoms with Crippen LogP contribution in [0.5, 0.6) is 5.75 Å². The lowest BCUT2D eigenvalue weighted by Gasteiger charge is -2.36. The Kier molecular flexibility index (Phi) is 6.51. The first-order valence-corrected chi connectivity index (χ1v) is 9.58. The number of carbonyl (C=O) groups is 2. The average molecular weight is 413 g/mol. The molecule has 158 valence electrons. The summed E-state index contributed by atoms with van der Waals surface area (Å²) in [5.41, 5.74) is 0.712. The molecule has 9 heteroatoms. The van der Waals surface area contributed by atoms with Gasteiger partial charge in [0.15, 0.2) is 0 Å². The fourth-order valence-electron chi connectivity index (χ4n) is 3.40. The summed E-state index contributed by atoms with van der Waals surface area (Å²) in [4.78, 5) is 39.4. The van der Waals surface area contributed by atoms with E-state index in [0.717, 1.165) is 17.5 Å². The van der Waals surface area contributed by atoms with E-state index in [-0.39, 0.29) is 29.3 Å². The number of hydrogen-bond acceptors (Lipinski definition) is 7. The highest BCUT2D eigenvalue weighted by Crippen LogP contribution is 2.28. The van der Waals surface area contributed by atoms with Gasteiger partial charge in [-0.25, -0.2) is 4.79 Å². The van der Waals surface area contributed by atoms with Gasteiger partial charge in [0.05, 0.1) is 29.9 Å². The summed E-state index contributed by atoms with van der Waals surface area (Å²) in [6.07, 6.45) is 0. The highest BCUT2D eigenvalue weighted by Gasteiger charge is 2.26. The molecule has 0 unspecified atom stereocenters. The highest BCUT2D eigenvalue weighted by atomic mass is 16.6. The molecule has 0 saturated carbocycles. The molecule has 2 aromatic carbocycles. The van der Waals surface area contributed by atoms with Gasteiger partial charge in [-0.2, -0.15) is 0 Å². The molecular formula is C21H23N3O6. The third kappa shape index (κ3) is 4.51. The van der Waals surface area contributed by atoms with Crippen molar-refractivity contribution < 1.29 is 24.0 Å². The zero-order valence-electron chi connectivity index (χ0n) is 16.9. The number of para-hydroxylation sites is 2. The minimum atomic E-state index is -0.698. The third-order valence-electron chi connectivity index (χ3n) is 4.88. The maximum Gasteiger partial charge on any atom is 0.338 e. The molecule has 9 nitrogen and oxygen atoms in total. The number of nitrogens with zero attached hydrogens (tertiary/aromatic N) is 3. The Balaban J connectivity index is 1.77. The third-order valence-corrected chi connectivity index (χ3v) is 4.88. The number of nitro benzene ring substituents is 1. The van der Waals surface area contributed by atoms with Crippen LogP contribution in [-0.4, -0.2) is 61.6 Å². The van der Waals surface area contributed by atoms with E-state index in [1.807, 2.05) is 24.3 Å². The summed E-state index contributed by atoms with van der Waals surface area (Å²) in [7, 11) is 1.61. The van der Waals surface area contributed by atoms with Gasteiger partial charge in [0.2, 0.25) is 0 Å². The highest BCUT2D eigenvalue weighted by molar-refractivity contribution is 5.99. The molecule has 0 atom stereocenters. The fraction of sp³-hybridized carbons (Fsp3) is 0.333. The zero-order valence-corrected chi connectivity index (χ0v) is 16.9. The largest absolute Gasteiger partial charge is 0.495 e. The molecule has 0 N–H and O–H groups in total. The average Bonchev–Trinajstić information content (AvgIpc) is 2.78. The summed E-state index contributed by atoms with van der Waals surface area (Å²) >= 11 is 0. The van der Waals surface area contributed by atoms with Crippen LogP contribution >= 0.6 is 0 Å². The summed E-state index contributed by atoms with van der Waals surface area (Å²) in [5, 5.41) is 11.3. The van der Waals surface area contributed by atoms with Gasteiger partial charge in [-0.05, 0) is 25.1 Å². The van der Waals surface area contributed by atoms with Crippen molar-refractivity contribution in [2.45, 2.75) is 6.92 Å². The van der Waals surface area contributed by atoms with Crippen LogP contribution in [0.1, 0.15) is 27.6 Å². The Morgan fingerprint density at radius 2 is 1.73 bits per heavy atom. The number of piperazine rings is 1. The topological polar surface area (TPSA) is 102 Å². The van der Waals surface area contributed by atoms with Crippen LogP contribution in [0.2, 0.25) is 0 Å². The number of methoxy groups -OCH3 is 1. The number of anilines is 1. The van der Waals surface area contributed by atoms with Crippen molar-refractivity contribution in [3.8, 4) is 5.75 Å². The molecule has 1 fully saturated rings. The van der Waals surface area contributed by atoms with Crippen molar-refractivity contribution in [2.24, 2.45) is 0 Å². The summed E-state index contributed by atoms with van der Waals surface area (Å²) < 4.78 is 10.3. The van der Waals surface area contributed by atoms with E-state index in [0.29, 0.717) is 26.2 Å². The van der Waals surface area contributed by atoms with E-state index < -0.39 is 10.9 Å². The number of amides is 1. The maximum absolute atomic E-state index is 13.0. The van der Waals surface area contributed by atoms with E-state index >= 15 is 0 Å². The molecule has 3 rings (SSSR count). The smallest absolute Gasteiger partial charge is 0.338 e. The van der Waals surface area contributed by atoms with Crippen molar-refractivity contribution in [3.63, 3.8) is 0 Å². The molecule has 0 bridgehead atoms. The van der Waals surface area contributed by atoms with E-state index in [9.17, 15) is 19.7 Å². The summed E-state index contributed by atoms with van der Waals surface area (Å²) in [5.74, 6) is -0.296. The molecule has 0 aromatic heterocycles. The van der Waals surface area contributed by atoms with E-state index in [4.69, 9.17) is 9.47 Å². The quantitative estimate of drug-likeness (QED) is 0.408. The molecule has 1 amide bonds. The van der Waals surface area contributed by atoms with Gasteiger partial charge in [0.1, 0.15) is 5.75 Å². The van der Waals surface area contributed by atoms with Crippen molar-refractivity contribution >= 4 is 23.3 Å². The predicted molar refractivity (Wildman–Crippen MR) is 110 cm³/mol. The second-order valence-corrected chi connectivity index (χ2v) is 6.70. The molecule has 2 aromatic rings. The first kappa shape index (κ1) is 21.1. The Morgan fingerprint density at radius 1 is 1.07 bits per heavy atom. The number of carbonyl (C=O) groups excluding carboxylic acids is 2. The lowest BCUT2D eigenvalue weighted by molar-refractivity contribution is -0.384. The normalized spacial score (nSPS) is 13.7. The summed E-state index contributed by atoms with van der Waals surface area (Å²) in [6, 6.07) is 11.3. The molecule has 0 aliphatic carbocycles. The van der Waals surface area contributed by atoms with E-state index in [1.54, 1.807) is 18.9 Å². The Bertz CT molecular complexity index is 954. The van der Waals surface area contributed by atoms with Crippen LogP contribution in [0.25, 0.3) is 0 Å². The number of benzene rings is 2. The fourth-order valence-corrected chi connectivity index (χ4v) is 3.40. The van der Waals surface area contributed by atoms with Crippen molar-refractivity contribution in [1.82, 2.24) is 4.90 Å². The Morgan fingerprint density at radius 3 is 2.37 bits per heavy atom. The first-order chi connectivity index (χ1) is 14.4. The zero-order chi connectivity index (χ0) is 21.7. The molecule has 0 spiro atoms. The van der Waals surface area contributed by atoms with E-state index in [1.165, 1.54) is 12.1 Å². The molecule has 1 heterocycles. The van der Waals surface area contributed by atoms with Gasteiger partial charge in [-0.3, -0.25) is 14.9 Å². The number of hydrogen-bond donors (Lipinski definition) is 0. The molecule has 1 saturated heterocycles. The minimum Gasteiger partial charge on any atom is -0.495 e. The van der Waals surface area contributed by atoms with E-state index in [2.05, 4.69) is 4.90 Å².